The Hall–Kier alpha value is -1.05. The second kappa shape index (κ2) is 12.3. The van der Waals surface area contributed by atoms with E-state index in [0.29, 0.717) is 13.2 Å². The Morgan fingerprint density at radius 3 is 2.75 bits per heavy atom. The highest BCUT2D eigenvalue weighted by Crippen LogP contribution is 2.15. The minimum Gasteiger partial charge on any atom is -0.382 e. The lowest BCUT2D eigenvalue weighted by molar-refractivity contribution is 0.0690. The molecular weight excluding hydrogens is 372 g/mol. The minimum absolute atomic E-state index is 0.656. The van der Waals surface area contributed by atoms with Crippen LogP contribution in [0.2, 0.25) is 0 Å². The van der Waals surface area contributed by atoms with Crippen LogP contribution in [-0.2, 0) is 23.1 Å². The van der Waals surface area contributed by atoms with E-state index in [9.17, 15) is 0 Å². The van der Waals surface area contributed by atoms with Gasteiger partial charge in [-0.1, -0.05) is 0 Å². The van der Waals surface area contributed by atoms with Gasteiger partial charge in [-0.2, -0.15) is 0 Å². The summed E-state index contributed by atoms with van der Waals surface area (Å²) in [4.78, 5) is 6.86. The van der Waals surface area contributed by atoms with Crippen LogP contribution in [-0.4, -0.2) is 62.5 Å². The molecule has 1 aromatic heterocycles. The smallest absolute Gasteiger partial charge is 0.194 e. The zero-order valence-electron chi connectivity index (χ0n) is 15.3. The maximum absolute atomic E-state index is 5.46. The summed E-state index contributed by atoms with van der Waals surface area (Å²) >= 11 is 3.52. The Morgan fingerprint density at radius 1 is 1.33 bits per heavy atom. The largest absolute Gasteiger partial charge is 0.382 e. The molecule has 0 atom stereocenters. The van der Waals surface area contributed by atoms with Gasteiger partial charge in [0.1, 0.15) is 0 Å². The number of nitrogens with one attached hydrogen (secondary N) is 1. The number of halogens is 1. The molecule has 0 saturated heterocycles. The van der Waals surface area contributed by atoms with Crippen LogP contribution in [0.25, 0.3) is 0 Å². The maximum Gasteiger partial charge on any atom is 0.194 e. The van der Waals surface area contributed by atoms with Gasteiger partial charge in [0.05, 0.1) is 19.8 Å². The number of guanidine groups is 1. The second-order valence-electron chi connectivity index (χ2n) is 5.66. The van der Waals surface area contributed by atoms with Crippen LogP contribution < -0.4 is 5.32 Å². The van der Waals surface area contributed by atoms with Gasteiger partial charge in [-0.3, -0.25) is 4.99 Å². The molecule has 0 amide bonds. The van der Waals surface area contributed by atoms with Crippen molar-refractivity contribution in [1.82, 2.24) is 14.8 Å². The summed E-state index contributed by atoms with van der Waals surface area (Å²) in [7, 11) is 5.81. The standard InChI is InChI=1S/C17H31BrN4O2/c1-5-19-17(20-8-6-7-9-24-11-10-23-4)22(3)14-16-12-15(18)13-21(16)2/h12-13H,5-11,14H2,1-4H3,(H,19,20). The average molecular weight is 403 g/mol. The van der Waals surface area contributed by atoms with E-state index in [0.717, 1.165) is 49.5 Å². The average Bonchev–Trinajstić information content (AvgIpc) is 2.86. The highest BCUT2D eigenvalue weighted by Gasteiger charge is 2.09. The molecule has 1 rings (SSSR count). The van der Waals surface area contributed by atoms with Crippen molar-refractivity contribution in [3.63, 3.8) is 0 Å². The minimum atomic E-state index is 0.656. The molecule has 7 heteroatoms. The summed E-state index contributed by atoms with van der Waals surface area (Å²) in [5.74, 6) is 0.940. The molecule has 0 aliphatic rings. The molecule has 0 fully saturated rings. The molecule has 138 valence electrons. The predicted octanol–water partition coefficient (Wildman–Crippen LogP) is 2.63. The van der Waals surface area contributed by atoms with Crippen molar-refractivity contribution >= 4 is 21.9 Å². The fourth-order valence-electron chi connectivity index (χ4n) is 2.26. The van der Waals surface area contributed by atoms with Crippen molar-refractivity contribution in [3.8, 4) is 0 Å². The van der Waals surface area contributed by atoms with Gasteiger partial charge < -0.3 is 24.3 Å². The molecule has 0 radical (unpaired) electrons. The lowest BCUT2D eigenvalue weighted by Gasteiger charge is -2.22. The lowest BCUT2D eigenvalue weighted by Crippen LogP contribution is -2.38. The highest BCUT2D eigenvalue weighted by molar-refractivity contribution is 9.10. The van der Waals surface area contributed by atoms with Gasteiger partial charge in [-0.25, -0.2) is 0 Å². The monoisotopic (exact) mass is 402 g/mol. The van der Waals surface area contributed by atoms with E-state index < -0.39 is 0 Å². The molecule has 0 spiro atoms. The third-order valence-corrected chi connectivity index (χ3v) is 3.99. The van der Waals surface area contributed by atoms with Crippen LogP contribution in [0.3, 0.4) is 0 Å². The Balaban J connectivity index is 2.39. The van der Waals surface area contributed by atoms with Crippen molar-refractivity contribution in [3.05, 3.63) is 22.4 Å². The third kappa shape index (κ3) is 8.17. The van der Waals surface area contributed by atoms with Gasteiger partial charge in [0.15, 0.2) is 5.96 Å². The first-order chi connectivity index (χ1) is 11.6. The Morgan fingerprint density at radius 2 is 2.12 bits per heavy atom. The third-order valence-electron chi connectivity index (χ3n) is 3.56. The number of unbranched alkanes of at least 4 members (excludes halogenated alkanes) is 1. The van der Waals surface area contributed by atoms with Gasteiger partial charge in [0.2, 0.25) is 0 Å². The van der Waals surface area contributed by atoms with E-state index in [2.05, 4.69) is 64.0 Å². The van der Waals surface area contributed by atoms with E-state index in [4.69, 9.17) is 14.5 Å². The van der Waals surface area contributed by atoms with Crippen LogP contribution in [0.5, 0.6) is 0 Å². The zero-order chi connectivity index (χ0) is 17.8. The van der Waals surface area contributed by atoms with E-state index in [1.54, 1.807) is 7.11 Å². The zero-order valence-corrected chi connectivity index (χ0v) is 16.9. The number of rotatable bonds is 11. The fraction of sp³-hybridized carbons (Fsp3) is 0.706. The quantitative estimate of drug-likeness (QED) is 0.351. The first-order valence-electron chi connectivity index (χ1n) is 8.45. The summed E-state index contributed by atoms with van der Waals surface area (Å²) in [6.07, 6.45) is 4.10. The molecule has 0 bridgehead atoms. The van der Waals surface area contributed by atoms with Crippen LogP contribution in [0.4, 0.5) is 0 Å². The maximum atomic E-state index is 5.46. The molecule has 1 heterocycles. The van der Waals surface area contributed by atoms with Gasteiger partial charge >= 0.3 is 0 Å². The SMILES string of the molecule is CCNC(=NCCCCOCCOC)N(C)Cc1cc(Br)cn1C. The highest BCUT2D eigenvalue weighted by atomic mass is 79.9. The summed E-state index contributed by atoms with van der Waals surface area (Å²) in [5, 5.41) is 3.35. The Kier molecular flexibility index (Phi) is 10.8. The topological polar surface area (TPSA) is 51.0 Å². The van der Waals surface area contributed by atoms with Gasteiger partial charge in [0, 0.05) is 57.3 Å². The van der Waals surface area contributed by atoms with Crippen molar-refractivity contribution in [2.45, 2.75) is 26.3 Å². The summed E-state index contributed by atoms with van der Waals surface area (Å²) in [6, 6.07) is 2.14. The normalized spacial score (nSPS) is 11.8. The number of methoxy groups -OCH3 is 1. The van der Waals surface area contributed by atoms with E-state index >= 15 is 0 Å². The fourth-order valence-corrected chi connectivity index (χ4v) is 2.83. The van der Waals surface area contributed by atoms with E-state index in [1.165, 1.54) is 5.69 Å². The molecule has 0 saturated carbocycles. The molecule has 6 nitrogen and oxygen atoms in total. The number of hydrogen-bond donors (Lipinski definition) is 1. The van der Waals surface area contributed by atoms with Gasteiger partial charge in [-0.15, -0.1) is 0 Å². The second-order valence-corrected chi connectivity index (χ2v) is 6.58. The Bertz CT molecular complexity index is 491. The lowest BCUT2D eigenvalue weighted by atomic mass is 10.3. The van der Waals surface area contributed by atoms with Crippen LogP contribution >= 0.6 is 15.9 Å². The summed E-state index contributed by atoms with van der Waals surface area (Å²) < 4.78 is 13.6. The van der Waals surface area contributed by atoms with Crippen LogP contribution in [0, 0.1) is 0 Å². The molecule has 0 aromatic carbocycles. The van der Waals surface area contributed by atoms with Crippen molar-refractivity contribution in [1.29, 1.82) is 0 Å². The van der Waals surface area contributed by atoms with Crippen LogP contribution in [0.15, 0.2) is 21.7 Å². The van der Waals surface area contributed by atoms with E-state index in [1.807, 2.05) is 0 Å². The number of aliphatic imine (C=N–C) groups is 1. The van der Waals surface area contributed by atoms with Crippen molar-refractivity contribution in [2.75, 3.05) is 47.1 Å². The predicted molar refractivity (Wildman–Crippen MR) is 102 cm³/mol. The van der Waals surface area contributed by atoms with Gasteiger partial charge in [0.25, 0.3) is 0 Å². The Labute approximate surface area is 154 Å². The van der Waals surface area contributed by atoms with Crippen molar-refractivity contribution < 1.29 is 9.47 Å². The number of nitrogens with zero attached hydrogens (tertiary/aromatic N) is 3. The first kappa shape index (κ1) is 21.0. The molecule has 0 unspecified atom stereocenters. The van der Waals surface area contributed by atoms with Gasteiger partial charge in [-0.05, 0) is 41.8 Å². The van der Waals surface area contributed by atoms with Crippen LogP contribution in [0.1, 0.15) is 25.5 Å². The molecule has 0 aliphatic heterocycles. The first-order valence-corrected chi connectivity index (χ1v) is 9.24. The molecule has 1 N–H and O–H groups in total. The van der Waals surface area contributed by atoms with E-state index in [-0.39, 0.29) is 0 Å². The molecule has 24 heavy (non-hydrogen) atoms. The number of aromatic nitrogens is 1. The number of hydrogen-bond acceptors (Lipinski definition) is 3. The van der Waals surface area contributed by atoms with Crippen molar-refractivity contribution in [2.24, 2.45) is 12.0 Å². The summed E-state index contributed by atoms with van der Waals surface area (Å²) in [5.41, 5.74) is 1.24. The number of aryl methyl sites for hydroxylation is 1. The number of ether oxygens (including phenoxy) is 2. The summed E-state index contributed by atoms with van der Waals surface area (Å²) in [6.45, 7) is 6.65. The molecule has 1 aromatic rings. The molecular formula is C17H31BrN4O2. The molecule has 0 aliphatic carbocycles.